The third kappa shape index (κ3) is 4.21. The summed E-state index contributed by atoms with van der Waals surface area (Å²) in [4.78, 5) is 11.6. The van der Waals surface area contributed by atoms with E-state index in [0.29, 0.717) is 12.0 Å². The highest BCUT2D eigenvalue weighted by Crippen LogP contribution is 2.27. The molecule has 0 aliphatic rings. The van der Waals surface area contributed by atoms with Gasteiger partial charge in [-0.3, -0.25) is 0 Å². The van der Waals surface area contributed by atoms with E-state index < -0.39 is 24.0 Å². The molecule has 0 saturated carbocycles. The molecule has 0 heterocycles. The zero-order valence-electron chi connectivity index (χ0n) is 11.4. The molecule has 19 heavy (non-hydrogen) atoms. The van der Waals surface area contributed by atoms with Gasteiger partial charge in [-0.05, 0) is 38.5 Å². The number of hydrogen-bond acceptors (Lipinski definition) is 4. The number of halogens is 1. The Balaban J connectivity index is 2.93. The van der Waals surface area contributed by atoms with Crippen LogP contribution < -0.4 is 4.74 Å². The maximum absolute atomic E-state index is 13.1. The van der Waals surface area contributed by atoms with Gasteiger partial charge in [0.25, 0.3) is 0 Å². The van der Waals surface area contributed by atoms with Gasteiger partial charge in [-0.25, -0.2) is 9.18 Å². The molecule has 0 radical (unpaired) electrons. The molecular weight excluding hydrogens is 251 g/mol. The summed E-state index contributed by atoms with van der Waals surface area (Å²) >= 11 is 0. The van der Waals surface area contributed by atoms with E-state index >= 15 is 0 Å². The molecule has 0 amide bonds. The quantitative estimate of drug-likeness (QED) is 0.807. The van der Waals surface area contributed by atoms with Gasteiger partial charge in [0.1, 0.15) is 11.6 Å². The van der Waals surface area contributed by atoms with Crippen LogP contribution in [0.5, 0.6) is 5.75 Å². The Hall–Kier alpha value is -1.62. The summed E-state index contributed by atoms with van der Waals surface area (Å²) < 4.78 is 23.6. The van der Waals surface area contributed by atoms with E-state index in [1.807, 2.05) is 0 Å². The second-order valence-electron chi connectivity index (χ2n) is 4.12. The Labute approximate surface area is 112 Å². The fourth-order valence-corrected chi connectivity index (χ4v) is 1.64. The van der Waals surface area contributed by atoms with Crippen molar-refractivity contribution >= 4 is 5.97 Å². The SMILES string of the molecule is CCOC(=O)C(CC)Oc1ccc(F)cc1C(C)O. The van der Waals surface area contributed by atoms with E-state index in [1.165, 1.54) is 25.1 Å². The molecule has 5 heteroatoms. The summed E-state index contributed by atoms with van der Waals surface area (Å²) in [5.74, 6) is -0.644. The molecule has 1 N–H and O–H groups in total. The summed E-state index contributed by atoms with van der Waals surface area (Å²) in [5, 5.41) is 9.59. The van der Waals surface area contributed by atoms with E-state index in [-0.39, 0.29) is 12.4 Å². The van der Waals surface area contributed by atoms with Crippen LogP contribution in [0.3, 0.4) is 0 Å². The van der Waals surface area contributed by atoms with Crippen LogP contribution in [0, 0.1) is 5.82 Å². The van der Waals surface area contributed by atoms with Gasteiger partial charge in [-0.15, -0.1) is 0 Å². The van der Waals surface area contributed by atoms with Gasteiger partial charge in [0.15, 0.2) is 6.10 Å². The maximum Gasteiger partial charge on any atom is 0.347 e. The van der Waals surface area contributed by atoms with Crippen molar-refractivity contribution in [3.05, 3.63) is 29.6 Å². The number of ether oxygens (including phenoxy) is 2. The number of esters is 1. The summed E-state index contributed by atoms with van der Waals surface area (Å²) in [6.07, 6.45) is -1.22. The first-order valence-corrected chi connectivity index (χ1v) is 6.30. The molecule has 1 aromatic carbocycles. The maximum atomic E-state index is 13.1. The molecule has 2 unspecified atom stereocenters. The van der Waals surface area contributed by atoms with E-state index in [9.17, 15) is 14.3 Å². The second kappa shape index (κ2) is 7.09. The van der Waals surface area contributed by atoms with Gasteiger partial charge < -0.3 is 14.6 Å². The molecule has 1 aromatic rings. The topological polar surface area (TPSA) is 55.8 Å². The first-order valence-electron chi connectivity index (χ1n) is 6.30. The van der Waals surface area contributed by atoms with Crippen molar-refractivity contribution in [2.24, 2.45) is 0 Å². The Kier molecular flexibility index (Phi) is 5.76. The van der Waals surface area contributed by atoms with Crippen LogP contribution in [0.25, 0.3) is 0 Å². The smallest absolute Gasteiger partial charge is 0.347 e. The Bertz CT molecular complexity index is 431. The Morgan fingerprint density at radius 3 is 2.63 bits per heavy atom. The first-order chi connectivity index (χ1) is 8.99. The lowest BCUT2D eigenvalue weighted by Crippen LogP contribution is -2.29. The minimum absolute atomic E-state index is 0.269. The number of aliphatic hydroxyl groups excluding tert-OH is 1. The number of carbonyl (C=O) groups is 1. The molecular formula is C14H19FO4. The van der Waals surface area contributed by atoms with Gasteiger partial charge in [-0.1, -0.05) is 6.92 Å². The third-order valence-electron chi connectivity index (χ3n) is 2.61. The highest BCUT2D eigenvalue weighted by molar-refractivity contribution is 5.75. The Morgan fingerprint density at radius 1 is 1.42 bits per heavy atom. The fourth-order valence-electron chi connectivity index (χ4n) is 1.64. The molecule has 0 spiro atoms. The van der Waals surface area contributed by atoms with Crippen molar-refractivity contribution in [2.75, 3.05) is 6.61 Å². The van der Waals surface area contributed by atoms with Gasteiger partial charge in [0.05, 0.1) is 12.7 Å². The molecule has 1 rings (SSSR count). The summed E-state index contributed by atoms with van der Waals surface area (Å²) in [6.45, 7) is 5.27. The molecule has 106 valence electrons. The van der Waals surface area contributed by atoms with E-state index in [2.05, 4.69) is 0 Å². The van der Waals surface area contributed by atoms with Crippen molar-refractivity contribution in [1.29, 1.82) is 0 Å². The van der Waals surface area contributed by atoms with E-state index in [1.54, 1.807) is 13.8 Å². The molecule has 0 saturated heterocycles. The van der Waals surface area contributed by atoms with Crippen molar-refractivity contribution in [2.45, 2.75) is 39.4 Å². The van der Waals surface area contributed by atoms with Gasteiger partial charge in [-0.2, -0.15) is 0 Å². The molecule has 0 bridgehead atoms. The number of aliphatic hydroxyl groups is 1. The largest absolute Gasteiger partial charge is 0.478 e. The zero-order valence-corrected chi connectivity index (χ0v) is 11.4. The predicted octanol–water partition coefficient (Wildman–Crippen LogP) is 2.60. The number of hydrogen-bond donors (Lipinski definition) is 1. The summed E-state index contributed by atoms with van der Waals surface area (Å²) in [7, 11) is 0. The molecule has 0 aromatic heterocycles. The Morgan fingerprint density at radius 2 is 2.11 bits per heavy atom. The second-order valence-corrected chi connectivity index (χ2v) is 4.12. The van der Waals surface area contributed by atoms with Crippen LogP contribution in [-0.2, 0) is 9.53 Å². The number of benzene rings is 1. The predicted molar refractivity (Wildman–Crippen MR) is 68.4 cm³/mol. The minimum Gasteiger partial charge on any atom is -0.478 e. The lowest BCUT2D eigenvalue weighted by atomic mass is 10.1. The minimum atomic E-state index is -0.884. The highest BCUT2D eigenvalue weighted by atomic mass is 19.1. The zero-order chi connectivity index (χ0) is 14.4. The molecule has 2 atom stereocenters. The standard InChI is InChI=1S/C14H19FO4/c1-4-12(14(17)18-5-2)19-13-7-6-10(15)8-11(13)9(3)16/h6-9,12,16H,4-5H2,1-3H3. The molecule has 0 fully saturated rings. The number of carbonyl (C=O) groups excluding carboxylic acids is 1. The first kappa shape index (κ1) is 15.4. The van der Waals surface area contributed by atoms with Gasteiger partial charge >= 0.3 is 5.97 Å². The normalized spacial score (nSPS) is 13.7. The fraction of sp³-hybridized carbons (Fsp3) is 0.500. The van der Waals surface area contributed by atoms with Crippen LogP contribution in [0.15, 0.2) is 18.2 Å². The van der Waals surface area contributed by atoms with Crippen LogP contribution in [-0.4, -0.2) is 23.8 Å². The van der Waals surface area contributed by atoms with Crippen molar-refractivity contribution in [3.8, 4) is 5.75 Å². The van der Waals surface area contributed by atoms with Crippen molar-refractivity contribution < 1.29 is 23.8 Å². The third-order valence-corrected chi connectivity index (χ3v) is 2.61. The molecule has 0 aliphatic heterocycles. The molecule has 0 aliphatic carbocycles. The summed E-state index contributed by atoms with van der Waals surface area (Å²) in [6, 6.07) is 3.82. The number of rotatable bonds is 6. The molecule has 4 nitrogen and oxygen atoms in total. The van der Waals surface area contributed by atoms with Crippen LogP contribution in [0.4, 0.5) is 4.39 Å². The van der Waals surface area contributed by atoms with Crippen molar-refractivity contribution in [3.63, 3.8) is 0 Å². The van der Waals surface area contributed by atoms with E-state index in [4.69, 9.17) is 9.47 Å². The van der Waals surface area contributed by atoms with Gasteiger partial charge in [0.2, 0.25) is 0 Å². The van der Waals surface area contributed by atoms with E-state index in [0.717, 1.165) is 0 Å². The lowest BCUT2D eigenvalue weighted by molar-refractivity contribution is -0.151. The van der Waals surface area contributed by atoms with Crippen LogP contribution >= 0.6 is 0 Å². The average Bonchev–Trinajstić information content (AvgIpc) is 2.37. The van der Waals surface area contributed by atoms with Gasteiger partial charge in [0, 0.05) is 5.56 Å². The van der Waals surface area contributed by atoms with Crippen molar-refractivity contribution in [1.82, 2.24) is 0 Å². The van der Waals surface area contributed by atoms with Crippen LogP contribution in [0.1, 0.15) is 38.9 Å². The summed E-state index contributed by atoms with van der Waals surface area (Å²) in [5.41, 5.74) is 0.308. The lowest BCUT2D eigenvalue weighted by Gasteiger charge is -2.19. The monoisotopic (exact) mass is 270 g/mol. The van der Waals surface area contributed by atoms with Crippen LogP contribution in [0.2, 0.25) is 0 Å². The highest BCUT2D eigenvalue weighted by Gasteiger charge is 2.22. The average molecular weight is 270 g/mol.